The van der Waals surface area contributed by atoms with Gasteiger partial charge in [0.1, 0.15) is 34.5 Å². The van der Waals surface area contributed by atoms with Gasteiger partial charge >= 0.3 is 6.18 Å². The summed E-state index contributed by atoms with van der Waals surface area (Å²) in [5.41, 5.74) is 5.83. The maximum absolute atomic E-state index is 15.5. The molecular weight excluding hydrogens is 542 g/mol. The summed E-state index contributed by atoms with van der Waals surface area (Å²) >= 11 is 0. The summed E-state index contributed by atoms with van der Waals surface area (Å²) < 4.78 is 56.3. The number of carbonyl (C=O) groups excluding carboxylic acids is 2. The number of piperidine rings is 2. The Hall–Kier alpha value is -4.55. The van der Waals surface area contributed by atoms with Gasteiger partial charge in [0.15, 0.2) is 0 Å². The lowest BCUT2D eigenvalue weighted by molar-refractivity contribution is -0.138. The van der Waals surface area contributed by atoms with Gasteiger partial charge in [0, 0.05) is 54.6 Å². The van der Waals surface area contributed by atoms with Crippen LogP contribution in [0.3, 0.4) is 0 Å². The van der Waals surface area contributed by atoms with E-state index in [9.17, 15) is 22.8 Å². The number of hydrogen-bond donors (Lipinski definition) is 2. The van der Waals surface area contributed by atoms with E-state index in [1.165, 1.54) is 18.3 Å². The molecule has 0 saturated carbocycles. The molecule has 2 aliphatic heterocycles. The first kappa shape index (κ1) is 26.7. The van der Waals surface area contributed by atoms with Crippen LogP contribution in [-0.2, 0) is 11.0 Å². The predicted octanol–water partition coefficient (Wildman–Crippen LogP) is 5.04. The highest BCUT2D eigenvalue weighted by Crippen LogP contribution is 2.38. The molecule has 0 bridgehead atoms. The maximum atomic E-state index is 15.5. The second-order valence-corrected chi connectivity index (χ2v) is 10.3. The minimum absolute atomic E-state index is 0.0740. The van der Waals surface area contributed by atoms with Gasteiger partial charge in [0.2, 0.25) is 5.91 Å². The molecule has 0 radical (unpaired) electrons. The van der Waals surface area contributed by atoms with Gasteiger partial charge in [-0.25, -0.2) is 19.3 Å². The minimum Gasteiger partial charge on any atom is -0.382 e. The topological polar surface area (TPSA) is 119 Å². The SMILES string of the molecule is Nc1nccn2c([C@H]3CC[C@@H]4CCCC(=O)N4C3)nc(-c3ccc(C(=O)Nc4cc(C(F)(F)F)ccn4)cc3F)c12. The normalized spacial score (nSPS) is 19.3. The largest absolute Gasteiger partial charge is 0.416 e. The van der Waals surface area contributed by atoms with Gasteiger partial charge in [0.05, 0.1) is 5.56 Å². The molecule has 0 spiro atoms. The highest BCUT2D eigenvalue weighted by Gasteiger charge is 2.37. The van der Waals surface area contributed by atoms with Gasteiger partial charge in [-0.15, -0.1) is 0 Å². The van der Waals surface area contributed by atoms with Crippen molar-refractivity contribution in [2.75, 3.05) is 17.6 Å². The molecule has 41 heavy (non-hydrogen) atoms. The molecule has 0 unspecified atom stereocenters. The smallest absolute Gasteiger partial charge is 0.382 e. The van der Waals surface area contributed by atoms with Crippen LogP contribution in [0, 0.1) is 5.82 Å². The van der Waals surface area contributed by atoms with Gasteiger partial charge < -0.3 is 16.0 Å². The van der Waals surface area contributed by atoms with E-state index < -0.39 is 23.5 Å². The van der Waals surface area contributed by atoms with Crippen LogP contribution < -0.4 is 11.1 Å². The fourth-order valence-electron chi connectivity index (χ4n) is 5.75. The van der Waals surface area contributed by atoms with Gasteiger partial charge in [0.25, 0.3) is 5.91 Å². The average Bonchev–Trinajstić information content (AvgIpc) is 3.33. The number of amides is 2. The number of alkyl halides is 3. The third-order valence-electron chi connectivity index (χ3n) is 7.75. The van der Waals surface area contributed by atoms with Crippen molar-refractivity contribution in [3.05, 3.63) is 71.7 Å². The maximum Gasteiger partial charge on any atom is 0.416 e. The van der Waals surface area contributed by atoms with Crippen LogP contribution in [-0.4, -0.2) is 48.7 Å². The molecule has 2 saturated heterocycles. The number of benzene rings is 1. The Bertz CT molecular complexity index is 1670. The molecule has 2 atom stereocenters. The van der Waals surface area contributed by atoms with Crippen molar-refractivity contribution in [1.82, 2.24) is 24.3 Å². The summed E-state index contributed by atoms with van der Waals surface area (Å²) in [5, 5.41) is 2.27. The Morgan fingerprint density at radius 3 is 2.68 bits per heavy atom. The summed E-state index contributed by atoms with van der Waals surface area (Å²) in [6.07, 6.45) is 3.61. The highest BCUT2D eigenvalue weighted by atomic mass is 19.4. The fraction of sp³-hybridized carbons (Fsp3) is 0.321. The molecule has 1 aromatic carbocycles. The van der Waals surface area contributed by atoms with Crippen molar-refractivity contribution in [1.29, 1.82) is 0 Å². The van der Waals surface area contributed by atoms with E-state index in [0.717, 1.165) is 44.0 Å². The van der Waals surface area contributed by atoms with Crippen molar-refractivity contribution in [2.24, 2.45) is 0 Å². The summed E-state index contributed by atoms with van der Waals surface area (Å²) in [4.78, 5) is 39.9. The van der Waals surface area contributed by atoms with Crippen molar-refractivity contribution in [3.63, 3.8) is 0 Å². The molecule has 2 fully saturated rings. The van der Waals surface area contributed by atoms with E-state index in [2.05, 4.69) is 15.3 Å². The van der Waals surface area contributed by atoms with E-state index in [0.29, 0.717) is 30.4 Å². The van der Waals surface area contributed by atoms with Gasteiger partial charge in [-0.2, -0.15) is 13.2 Å². The van der Waals surface area contributed by atoms with Crippen molar-refractivity contribution < 1.29 is 27.2 Å². The van der Waals surface area contributed by atoms with E-state index in [1.807, 2.05) is 4.90 Å². The molecule has 212 valence electrons. The van der Waals surface area contributed by atoms with Gasteiger partial charge in [-0.3, -0.25) is 14.0 Å². The number of nitrogens with two attached hydrogens (primary N) is 1. The minimum atomic E-state index is -4.61. The van der Waals surface area contributed by atoms with Crippen LogP contribution >= 0.6 is 0 Å². The average molecular weight is 568 g/mol. The Balaban J connectivity index is 1.31. The number of aromatic nitrogens is 4. The first-order chi connectivity index (χ1) is 19.6. The lowest BCUT2D eigenvalue weighted by Gasteiger charge is -2.42. The molecule has 0 aliphatic carbocycles. The standard InChI is InChI=1S/C28H25F4N7O2/c29-20-12-15(27(41)36-21-13-17(8-9-34-21)28(30,31)32)5-7-19(20)23-24-25(33)35-10-11-38(24)26(37-23)16-4-6-18-2-1-3-22(40)39(18)14-16/h5,7-13,16,18H,1-4,6,14H2,(H2,33,35)(H,34,36,41)/t16-,18-/m0/s1. The number of rotatable bonds is 4. The fourth-order valence-corrected chi connectivity index (χ4v) is 5.75. The number of hydrogen-bond acceptors (Lipinski definition) is 6. The first-order valence-corrected chi connectivity index (χ1v) is 13.2. The lowest BCUT2D eigenvalue weighted by atomic mass is 9.87. The van der Waals surface area contributed by atoms with E-state index in [1.54, 1.807) is 10.6 Å². The molecule has 3 aromatic heterocycles. The van der Waals surface area contributed by atoms with Crippen molar-refractivity contribution in [2.45, 2.75) is 50.2 Å². The third kappa shape index (κ3) is 4.96. The van der Waals surface area contributed by atoms with Crippen LogP contribution in [0.2, 0.25) is 0 Å². The predicted molar refractivity (Wildman–Crippen MR) is 141 cm³/mol. The number of halogens is 4. The zero-order valence-electron chi connectivity index (χ0n) is 21.7. The van der Waals surface area contributed by atoms with Crippen LogP contribution in [0.25, 0.3) is 16.8 Å². The van der Waals surface area contributed by atoms with E-state index >= 15 is 4.39 Å². The van der Waals surface area contributed by atoms with E-state index in [-0.39, 0.29) is 46.3 Å². The van der Waals surface area contributed by atoms with Crippen molar-refractivity contribution >= 4 is 29.0 Å². The molecular formula is C28H25F4N7O2. The Morgan fingerprint density at radius 2 is 1.90 bits per heavy atom. The zero-order valence-corrected chi connectivity index (χ0v) is 21.7. The highest BCUT2D eigenvalue weighted by molar-refractivity contribution is 6.04. The van der Waals surface area contributed by atoms with Gasteiger partial charge in [-0.05, 0) is 56.0 Å². The van der Waals surface area contributed by atoms with Crippen LogP contribution in [0.1, 0.15) is 59.8 Å². The molecule has 4 aromatic rings. The summed E-state index contributed by atoms with van der Waals surface area (Å²) in [5.74, 6) is -1.11. The zero-order chi connectivity index (χ0) is 28.9. The van der Waals surface area contributed by atoms with Gasteiger partial charge in [-0.1, -0.05) is 0 Å². The molecule has 2 aliphatic rings. The van der Waals surface area contributed by atoms with Crippen molar-refractivity contribution in [3.8, 4) is 11.3 Å². The molecule has 2 amide bonds. The molecule has 6 rings (SSSR count). The second-order valence-electron chi connectivity index (χ2n) is 10.3. The monoisotopic (exact) mass is 567 g/mol. The number of anilines is 2. The van der Waals surface area contributed by atoms with E-state index in [4.69, 9.17) is 10.7 Å². The summed E-state index contributed by atoms with van der Waals surface area (Å²) in [6, 6.07) is 5.40. The molecule has 13 heteroatoms. The molecule has 5 heterocycles. The second kappa shape index (κ2) is 10.1. The Kier molecular flexibility index (Phi) is 6.59. The van der Waals surface area contributed by atoms with Crippen LogP contribution in [0.5, 0.6) is 0 Å². The quantitative estimate of drug-likeness (QED) is 0.334. The number of imidazole rings is 1. The lowest BCUT2D eigenvalue weighted by Crippen LogP contribution is -2.48. The number of pyridine rings is 1. The summed E-state index contributed by atoms with van der Waals surface area (Å²) in [7, 11) is 0. The number of fused-ring (bicyclic) bond motifs is 2. The Labute approximate surface area is 231 Å². The Morgan fingerprint density at radius 1 is 1.07 bits per heavy atom. The van der Waals surface area contributed by atoms with Crippen LogP contribution in [0.4, 0.5) is 29.2 Å². The molecule has 9 nitrogen and oxygen atoms in total. The third-order valence-corrected chi connectivity index (χ3v) is 7.75. The number of nitrogens with one attached hydrogen (secondary N) is 1. The van der Waals surface area contributed by atoms with Crippen LogP contribution in [0.15, 0.2) is 48.9 Å². The number of nitrogen functional groups attached to an aromatic ring is 1. The summed E-state index contributed by atoms with van der Waals surface area (Å²) in [6.45, 7) is 0.509. The molecule has 3 N–H and O–H groups in total. The number of nitrogens with zero attached hydrogens (tertiary/aromatic N) is 5. The first-order valence-electron chi connectivity index (χ1n) is 13.2. The number of carbonyl (C=O) groups is 2.